The summed E-state index contributed by atoms with van der Waals surface area (Å²) >= 11 is 0. The minimum atomic E-state index is -3.76. The molecule has 15 heavy (non-hydrogen) atoms. The molecule has 1 aliphatic heterocycles. The number of hydrogen-bond donors (Lipinski definition) is 3. The van der Waals surface area contributed by atoms with Crippen LogP contribution in [0.15, 0.2) is 0 Å². The van der Waals surface area contributed by atoms with E-state index in [1.807, 2.05) is 4.72 Å². The fourth-order valence-electron chi connectivity index (χ4n) is 1.39. The van der Waals surface area contributed by atoms with Crippen molar-refractivity contribution in [3.63, 3.8) is 0 Å². The summed E-state index contributed by atoms with van der Waals surface area (Å²) < 4.78 is 31.7. The van der Waals surface area contributed by atoms with Crippen LogP contribution in [0.5, 0.6) is 0 Å². The molecule has 1 aliphatic rings. The average molecular weight is 238 g/mol. The summed E-state index contributed by atoms with van der Waals surface area (Å²) in [6, 6.07) is 0. The van der Waals surface area contributed by atoms with Gasteiger partial charge in [-0.1, -0.05) is 0 Å². The molecule has 0 aliphatic carbocycles. The van der Waals surface area contributed by atoms with Gasteiger partial charge in [0.2, 0.25) is 0 Å². The fourth-order valence-corrected chi connectivity index (χ4v) is 2.30. The molecule has 88 valence electrons. The van der Waals surface area contributed by atoms with Crippen LogP contribution in [-0.2, 0) is 19.7 Å². The molecular formula is C7H14N2O5S. The number of carboxylic acids is 1. The van der Waals surface area contributed by atoms with Gasteiger partial charge in [0, 0.05) is 33.1 Å². The lowest BCUT2D eigenvalue weighted by Gasteiger charge is -2.33. The third-order valence-corrected chi connectivity index (χ3v) is 3.55. The highest BCUT2D eigenvalue weighted by atomic mass is 32.2. The van der Waals surface area contributed by atoms with Gasteiger partial charge in [-0.3, -0.25) is 4.79 Å². The summed E-state index contributed by atoms with van der Waals surface area (Å²) in [5.74, 6) is -1.18. The molecule has 0 aromatic carbocycles. The Balaban J connectivity index is 2.87. The van der Waals surface area contributed by atoms with Crippen molar-refractivity contribution < 1.29 is 23.1 Å². The molecule has 8 heteroatoms. The van der Waals surface area contributed by atoms with E-state index in [1.54, 1.807) is 0 Å². The summed E-state index contributed by atoms with van der Waals surface area (Å²) in [5, 5.41) is 9.04. The topological polar surface area (TPSA) is 105 Å². The summed E-state index contributed by atoms with van der Waals surface area (Å²) in [5.41, 5.74) is -1.44. The van der Waals surface area contributed by atoms with Gasteiger partial charge in [0.1, 0.15) is 5.54 Å². The largest absolute Gasteiger partial charge is 0.480 e. The first-order chi connectivity index (χ1) is 6.92. The smallest absolute Gasteiger partial charge is 0.325 e. The molecule has 0 bridgehead atoms. The lowest BCUT2D eigenvalue weighted by Crippen LogP contribution is -2.59. The lowest BCUT2D eigenvalue weighted by atomic mass is 9.92. The third-order valence-electron chi connectivity index (χ3n) is 2.35. The van der Waals surface area contributed by atoms with Crippen molar-refractivity contribution in [3.05, 3.63) is 0 Å². The van der Waals surface area contributed by atoms with Gasteiger partial charge in [0.05, 0.1) is 0 Å². The van der Waals surface area contributed by atoms with E-state index in [0.717, 1.165) is 0 Å². The number of aliphatic carboxylic acids is 1. The summed E-state index contributed by atoms with van der Waals surface area (Å²) in [6.07, 6.45) is 0.256. The van der Waals surface area contributed by atoms with Crippen molar-refractivity contribution in [3.8, 4) is 0 Å². The van der Waals surface area contributed by atoms with Crippen molar-refractivity contribution in [2.24, 2.45) is 0 Å². The minimum absolute atomic E-state index is 0.128. The van der Waals surface area contributed by atoms with E-state index in [2.05, 4.69) is 4.72 Å². The maximum absolute atomic E-state index is 11.3. The third kappa shape index (κ3) is 2.88. The molecule has 0 radical (unpaired) electrons. The van der Waals surface area contributed by atoms with Gasteiger partial charge in [-0.25, -0.2) is 4.72 Å². The zero-order valence-corrected chi connectivity index (χ0v) is 9.13. The Morgan fingerprint density at radius 3 is 2.33 bits per heavy atom. The molecule has 1 fully saturated rings. The van der Waals surface area contributed by atoms with Crippen LogP contribution in [0.2, 0.25) is 0 Å². The van der Waals surface area contributed by atoms with Gasteiger partial charge in [0.25, 0.3) is 10.2 Å². The Morgan fingerprint density at radius 2 is 1.93 bits per heavy atom. The van der Waals surface area contributed by atoms with Gasteiger partial charge in [0.15, 0.2) is 0 Å². The van der Waals surface area contributed by atoms with Gasteiger partial charge in [-0.2, -0.15) is 13.1 Å². The van der Waals surface area contributed by atoms with Gasteiger partial charge in [-0.05, 0) is 0 Å². The van der Waals surface area contributed by atoms with E-state index >= 15 is 0 Å². The number of ether oxygens (including phenoxy) is 1. The molecule has 1 heterocycles. The molecule has 0 aromatic heterocycles. The molecule has 1 saturated heterocycles. The van der Waals surface area contributed by atoms with Crippen LogP contribution < -0.4 is 9.44 Å². The van der Waals surface area contributed by atoms with Gasteiger partial charge >= 0.3 is 5.97 Å². The SMILES string of the molecule is CNS(=O)(=O)NC1(C(=O)O)CCOCC1. The Kier molecular flexibility index (Phi) is 3.66. The average Bonchev–Trinajstić information content (AvgIpc) is 2.18. The predicted molar refractivity (Wildman–Crippen MR) is 51.5 cm³/mol. The second kappa shape index (κ2) is 4.44. The van der Waals surface area contributed by atoms with Crippen LogP contribution in [0, 0.1) is 0 Å². The molecular weight excluding hydrogens is 224 g/mol. The number of hydrogen-bond acceptors (Lipinski definition) is 4. The number of rotatable bonds is 4. The number of carbonyl (C=O) groups is 1. The molecule has 1 rings (SSSR count). The Hall–Kier alpha value is -0.700. The monoisotopic (exact) mass is 238 g/mol. The highest BCUT2D eigenvalue weighted by Crippen LogP contribution is 2.21. The van der Waals surface area contributed by atoms with Crippen molar-refractivity contribution in [2.75, 3.05) is 20.3 Å². The van der Waals surface area contributed by atoms with Gasteiger partial charge in [-0.15, -0.1) is 0 Å². The first kappa shape index (κ1) is 12.4. The molecule has 0 unspecified atom stereocenters. The first-order valence-corrected chi connectivity index (χ1v) is 5.94. The minimum Gasteiger partial charge on any atom is -0.480 e. The van der Waals surface area contributed by atoms with Crippen LogP contribution in [0.4, 0.5) is 0 Å². The number of carboxylic acid groups (broad SMARTS) is 1. The molecule has 0 aromatic rings. The first-order valence-electron chi connectivity index (χ1n) is 4.45. The molecule has 0 spiro atoms. The Bertz CT molecular complexity index is 333. The van der Waals surface area contributed by atoms with Gasteiger partial charge < -0.3 is 9.84 Å². The van der Waals surface area contributed by atoms with Crippen LogP contribution >= 0.6 is 0 Å². The van der Waals surface area contributed by atoms with E-state index in [9.17, 15) is 13.2 Å². The van der Waals surface area contributed by atoms with Crippen molar-refractivity contribution in [1.29, 1.82) is 0 Å². The van der Waals surface area contributed by atoms with E-state index in [0.29, 0.717) is 0 Å². The highest BCUT2D eigenvalue weighted by Gasteiger charge is 2.43. The second-order valence-electron chi connectivity index (χ2n) is 3.31. The maximum atomic E-state index is 11.3. The predicted octanol–water partition coefficient (Wildman–Crippen LogP) is -1.33. The van der Waals surface area contributed by atoms with E-state index in [-0.39, 0.29) is 26.1 Å². The highest BCUT2D eigenvalue weighted by molar-refractivity contribution is 7.87. The quantitative estimate of drug-likeness (QED) is 0.563. The van der Waals surface area contributed by atoms with Crippen molar-refractivity contribution >= 4 is 16.2 Å². The zero-order chi connectivity index (χ0) is 11.5. The van der Waals surface area contributed by atoms with Crippen LogP contribution in [0.1, 0.15) is 12.8 Å². The van der Waals surface area contributed by atoms with Crippen LogP contribution in [-0.4, -0.2) is 45.3 Å². The molecule has 0 atom stereocenters. The zero-order valence-electron chi connectivity index (χ0n) is 8.32. The van der Waals surface area contributed by atoms with E-state index in [1.165, 1.54) is 7.05 Å². The van der Waals surface area contributed by atoms with E-state index in [4.69, 9.17) is 9.84 Å². The van der Waals surface area contributed by atoms with Crippen molar-refractivity contribution in [2.45, 2.75) is 18.4 Å². The Morgan fingerprint density at radius 1 is 1.40 bits per heavy atom. The maximum Gasteiger partial charge on any atom is 0.325 e. The van der Waals surface area contributed by atoms with E-state index < -0.39 is 21.7 Å². The normalized spacial score (nSPS) is 21.1. The summed E-state index contributed by atoms with van der Waals surface area (Å²) in [7, 11) is -2.54. The summed E-state index contributed by atoms with van der Waals surface area (Å²) in [4.78, 5) is 11.1. The summed E-state index contributed by atoms with van der Waals surface area (Å²) in [6.45, 7) is 0.469. The molecule has 0 amide bonds. The standard InChI is InChI=1S/C7H14N2O5S/c1-8-15(12,13)9-7(6(10)11)2-4-14-5-3-7/h8-9H,2-5H2,1H3,(H,10,11). The van der Waals surface area contributed by atoms with Crippen LogP contribution in [0.3, 0.4) is 0 Å². The van der Waals surface area contributed by atoms with Crippen LogP contribution in [0.25, 0.3) is 0 Å². The fraction of sp³-hybridized carbons (Fsp3) is 0.857. The molecule has 3 N–H and O–H groups in total. The Labute approximate surface area is 88.0 Å². The molecule has 0 saturated carbocycles. The lowest BCUT2D eigenvalue weighted by molar-refractivity contribution is -0.147. The number of nitrogens with one attached hydrogen (secondary N) is 2. The second-order valence-corrected chi connectivity index (χ2v) is 4.93. The molecule has 7 nitrogen and oxygen atoms in total. The van der Waals surface area contributed by atoms with Crippen molar-refractivity contribution in [1.82, 2.24) is 9.44 Å².